The van der Waals surface area contributed by atoms with Crippen LogP contribution >= 0.6 is 0 Å². The summed E-state index contributed by atoms with van der Waals surface area (Å²) in [6, 6.07) is 13.6. The van der Waals surface area contributed by atoms with Crippen molar-refractivity contribution < 1.29 is 28.6 Å². The second kappa shape index (κ2) is 8.55. The summed E-state index contributed by atoms with van der Waals surface area (Å²) >= 11 is 0. The first kappa shape index (κ1) is 21.1. The minimum absolute atomic E-state index is 0.00415. The molecule has 0 aromatic heterocycles. The number of ether oxygens (including phenoxy) is 3. The smallest absolute Gasteiger partial charge is 0.323 e. The minimum Gasteiger partial charge on any atom is -0.465 e. The number of carbonyl (C=O) groups is 3. The molecule has 2 heterocycles. The summed E-state index contributed by atoms with van der Waals surface area (Å²) in [7, 11) is 0. The molecule has 0 bridgehead atoms. The third-order valence-corrected chi connectivity index (χ3v) is 5.37. The summed E-state index contributed by atoms with van der Waals surface area (Å²) in [5.74, 6) is -2.97. The molecule has 0 saturated heterocycles. The first-order valence-electron chi connectivity index (χ1n) is 10.2. The van der Waals surface area contributed by atoms with Crippen molar-refractivity contribution >= 4 is 29.0 Å². The summed E-state index contributed by atoms with van der Waals surface area (Å²) < 4.78 is 15.9. The number of carbonyl (C=O) groups excluding carboxylic acids is 3. The Balaban J connectivity index is 1.94. The molecular weight excluding hydrogens is 412 g/mol. The number of imide groups is 1. The van der Waals surface area contributed by atoms with E-state index in [1.54, 1.807) is 49.4 Å². The van der Waals surface area contributed by atoms with E-state index in [4.69, 9.17) is 14.2 Å². The highest BCUT2D eigenvalue weighted by atomic mass is 16.7. The minimum atomic E-state index is -1.48. The molecular formula is C24H20N2O6. The molecule has 0 spiro atoms. The zero-order chi connectivity index (χ0) is 22.8. The molecule has 1 unspecified atom stereocenters. The van der Waals surface area contributed by atoms with Crippen molar-refractivity contribution in [2.24, 2.45) is 5.92 Å². The topological polar surface area (TPSA) is 106 Å². The van der Waals surface area contributed by atoms with Crippen LogP contribution in [0.1, 0.15) is 25.0 Å². The van der Waals surface area contributed by atoms with Crippen molar-refractivity contribution in [2.45, 2.75) is 20.3 Å². The van der Waals surface area contributed by atoms with Crippen molar-refractivity contribution in [2.75, 3.05) is 18.3 Å². The first-order valence-corrected chi connectivity index (χ1v) is 10.2. The van der Waals surface area contributed by atoms with Gasteiger partial charge in [0.05, 0.1) is 12.3 Å². The monoisotopic (exact) mass is 432 g/mol. The van der Waals surface area contributed by atoms with Gasteiger partial charge < -0.3 is 14.2 Å². The van der Waals surface area contributed by atoms with Gasteiger partial charge in [-0.3, -0.25) is 14.4 Å². The van der Waals surface area contributed by atoms with Gasteiger partial charge in [0.15, 0.2) is 17.4 Å². The Bertz CT molecular complexity index is 1190. The lowest BCUT2D eigenvalue weighted by Crippen LogP contribution is -2.49. The fourth-order valence-corrected chi connectivity index (χ4v) is 3.91. The number of esters is 1. The number of para-hydroxylation sites is 1. The highest BCUT2D eigenvalue weighted by molar-refractivity contribution is 6.34. The van der Waals surface area contributed by atoms with E-state index in [2.05, 4.69) is 0 Å². The Morgan fingerprint density at radius 2 is 1.91 bits per heavy atom. The third kappa shape index (κ3) is 3.38. The zero-order valence-electron chi connectivity index (χ0n) is 17.6. The number of rotatable bonds is 5. The molecule has 0 N–H and O–H groups in total. The van der Waals surface area contributed by atoms with E-state index >= 15 is 0 Å². The highest BCUT2D eigenvalue weighted by Crippen LogP contribution is 2.41. The number of anilines is 1. The van der Waals surface area contributed by atoms with Crippen LogP contribution in [0.5, 0.6) is 11.5 Å². The Hall–Kier alpha value is -4.12. The Kier molecular flexibility index (Phi) is 5.65. The lowest BCUT2D eigenvalue weighted by molar-refractivity contribution is -0.149. The third-order valence-electron chi connectivity index (χ3n) is 5.37. The molecule has 4 rings (SSSR count). The zero-order valence-corrected chi connectivity index (χ0v) is 17.6. The van der Waals surface area contributed by atoms with Crippen molar-refractivity contribution in [3.63, 3.8) is 0 Å². The molecule has 32 heavy (non-hydrogen) atoms. The van der Waals surface area contributed by atoms with E-state index < -0.39 is 23.7 Å². The molecule has 8 nitrogen and oxygen atoms in total. The maximum Gasteiger partial charge on any atom is 0.323 e. The largest absolute Gasteiger partial charge is 0.465 e. The van der Waals surface area contributed by atoms with Crippen LogP contribution in [-0.2, 0) is 25.5 Å². The van der Waals surface area contributed by atoms with Crippen molar-refractivity contribution in [1.29, 1.82) is 5.26 Å². The molecule has 0 radical (unpaired) electrons. The molecule has 2 aromatic carbocycles. The van der Waals surface area contributed by atoms with Gasteiger partial charge in [0.1, 0.15) is 11.6 Å². The Morgan fingerprint density at radius 1 is 1.16 bits per heavy atom. The number of amides is 2. The Labute approximate surface area is 184 Å². The molecule has 8 heteroatoms. The molecule has 0 aliphatic carbocycles. The van der Waals surface area contributed by atoms with Crippen molar-refractivity contribution in [1.82, 2.24) is 0 Å². The summed E-state index contributed by atoms with van der Waals surface area (Å²) in [6.45, 7) is 3.58. The molecule has 2 amide bonds. The average molecular weight is 432 g/mol. The van der Waals surface area contributed by atoms with E-state index in [0.717, 1.165) is 10.5 Å². The summed E-state index contributed by atoms with van der Waals surface area (Å²) in [4.78, 5) is 40.9. The van der Waals surface area contributed by atoms with Crippen LogP contribution in [-0.4, -0.2) is 31.2 Å². The van der Waals surface area contributed by atoms with Gasteiger partial charge in [0.2, 0.25) is 6.79 Å². The van der Waals surface area contributed by atoms with Crippen molar-refractivity contribution in [3.05, 3.63) is 59.2 Å². The quantitative estimate of drug-likeness (QED) is 0.406. The van der Waals surface area contributed by atoms with Crippen LogP contribution in [0.3, 0.4) is 0 Å². The number of hydrogen-bond donors (Lipinski definition) is 0. The van der Waals surface area contributed by atoms with Gasteiger partial charge in [0.25, 0.3) is 11.8 Å². The summed E-state index contributed by atoms with van der Waals surface area (Å²) in [6.07, 6.45) is 0.553. The predicted octanol–water partition coefficient (Wildman–Crippen LogP) is 3.01. The molecule has 0 saturated carbocycles. The molecule has 2 aromatic rings. The van der Waals surface area contributed by atoms with E-state index in [-0.39, 0.29) is 24.5 Å². The normalized spacial score (nSPS) is 17.4. The number of nitriles is 1. The second-order valence-corrected chi connectivity index (χ2v) is 7.11. The number of hydrogen-bond acceptors (Lipinski definition) is 7. The summed E-state index contributed by atoms with van der Waals surface area (Å²) in [5, 5.41) is 9.92. The maximum absolute atomic E-state index is 13.6. The number of aryl methyl sites for hydroxylation is 1. The second-order valence-electron chi connectivity index (χ2n) is 7.11. The molecule has 2 aliphatic rings. The lowest BCUT2D eigenvalue weighted by Gasteiger charge is -2.32. The molecule has 1 atom stereocenters. The van der Waals surface area contributed by atoms with E-state index in [1.807, 2.05) is 13.0 Å². The fraction of sp³-hybridized carbons (Fsp3) is 0.250. The van der Waals surface area contributed by atoms with Crippen LogP contribution in [0, 0.1) is 17.2 Å². The van der Waals surface area contributed by atoms with Crippen molar-refractivity contribution in [3.8, 4) is 17.6 Å². The molecule has 2 aliphatic heterocycles. The lowest BCUT2D eigenvalue weighted by atomic mass is 9.83. The van der Waals surface area contributed by atoms with Gasteiger partial charge in [0, 0.05) is 5.57 Å². The fourth-order valence-electron chi connectivity index (χ4n) is 3.91. The summed E-state index contributed by atoms with van der Waals surface area (Å²) in [5.41, 5.74) is 1.13. The van der Waals surface area contributed by atoms with Gasteiger partial charge in [-0.15, -0.1) is 0 Å². The standard InChI is InChI=1S/C24H20N2O6/c1-3-14-7-5-6-8-17(14)26-22(27)16(12-25)20(21(23(26)28)24(29)30-4-2)15-9-10-18-19(11-15)32-13-31-18/h5-11,21H,3-4,13H2,1-2H3. The van der Waals surface area contributed by atoms with Crippen LogP contribution in [0.2, 0.25) is 0 Å². The number of fused-ring (bicyclic) bond motifs is 1. The maximum atomic E-state index is 13.6. The van der Waals surface area contributed by atoms with Gasteiger partial charge in [-0.25, -0.2) is 4.90 Å². The van der Waals surface area contributed by atoms with Crippen LogP contribution in [0.4, 0.5) is 5.69 Å². The average Bonchev–Trinajstić information content (AvgIpc) is 3.27. The number of benzene rings is 2. The number of nitrogens with zero attached hydrogens (tertiary/aromatic N) is 2. The van der Waals surface area contributed by atoms with Gasteiger partial charge in [-0.1, -0.05) is 31.2 Å². The van der Waals surface area contributed by atoms with E-state index in [9.17, 15) is 19.6 Å². The first-order chi connectivity index (χ1) is 15.5. The van der Waals surface area contributed by atoms with Gasteiger partial charge >= 0.3 is 5.97 Å². The van der Waals surface area contributed by atoms with Gasteiger partial charge in [-0.2, -0.15) is 5.26 Å². The molecule has 162 valence electrons. The van der Waals surface area contributed by atoms with E-state index in [1.165, 1.54) is 0 Å². The Morgan fingerprint density at radius 3 is 2.62 bits per heavy atom. The van der Waals surface area contributed by atoms with Crippen LogP contribution < -0.4 is 14.4 Å². The highest BCUT2D eigenvalue weighted by Gasteiger charge is 2.47. The predicted molar refractivity (Wildman–Crippen MR) is 114 cm³/mol. The van der Waals surface area contributed by atoms with Crippen LogP contribution in [0.15, 0.2) is 48.0 Å². The molecule has 0 fully saturated rings. The van der Waals surface area contributed by atoms with Gasteiger partial charge in [-0.05, 0) is 42.7 Å². The van der Waals surface area contributed by atoms with E-state index in [0.29, 0.717) is 29.2 Å². The van der Waals surface area contributed by atoms with Crippen LogP contribution in [0.25, 0.3) is 5.57 Å². The SMILES string of the molecule is CCOC(=O)C1C(=O)N(c2ccccc2CC)C(=O)C(C#N)=C1c1ccc2c(c1)OCO2.